The Balaban J connectivity index is 1.88. The van der Waals surface area contributed by atoms with Crippen LogP contribution in [-0.2, 0) is 10.2 Å². The van der Waals surface area contributed by atoms with Gasteiger partial charge in [-0.1, -0.05) is 18.6 Å². The van der Waals surface area contributed by atoms with Crippen molar-refractivity contribution in [1.82, 2.24) is 10.2 Å². The van der Waals surface area contributed by atoms with E-state index in [0.717, 1.165) is 50.8 Å². The van der Waals surface area contributed by atoms with E-state index in [1.165, 1.54) is 12.1 Å². The summed E-state index contributed by atoms with van der Waals surface area (Å²) < 4.78 is 13.0. The van der Waals surface area contributed by atoms with Crippen LogP contribution in [0.25, 0.3) is 0 Å². The molecule has 1 fully saturated rings. The van der Waals surface area contributed by atoms with Crippen LogP contribution >= 0.6 is 0 Å². The fourth-order valence-electron chi connectivity index (χ4n) is 2.87. The van der Waals surface area contributed by atoms with Crippen molar-refractivity contribution in [2.75, 3.05) is 27.2 Å². The van der Waals surface area contributed by atoms with Gasteiger partial charge in [0.15, 0.2) is 0 Å². The molecule has 0 bridgehead atoms. The molecule has 116 valence electrons. The molecule has 1 aromatic carbocycles. The number of halogens is 1. The topological polar surface area (TPSA) is 32.3 Å². The Hall–Kier alpha value is -1.42. The molecule has 0 atom stereocenters. The zero-order chi connectivity index (χ0) is 15.3. The Morgan fingerprint density at radius 3 is 2.43 bits per heavy atom. The van der Waals surface area contributed by atoms with Gasteiger partial charge in [-0.05, 0) is 64.0 Å². The highest BCUT2D eigenvalue weighted by Crippen LogP contribution is 2.43. The summed E-state index contributed by atoms with van der Waals surface area (Å²) in [7, 11) is 4.10. The number of hydrogen-bond donors (Lipinski definition) is 1. The maximum atomic E-state index is 13.0. The number of rotatable bonds is 7. The molecular weight excluding hydrogens is 267 g/mol. The first-order valence-electron chi connectivity index (χ1n) is 7.74. The van der Waals surface area contributed by atoms with Crippen LogP contribution in [0.1, 0.15) is 37.7 Å². The van der Waals surface area contributed by atoms with Crippen molar-refractivity contribution in [2.24, 2.45) is 0 Å². The highest BCUT2D eigenvalue weighted by molar-refractivity contribution is 5.89. The first kappa shape index (κ1) is 16.0. The summed E-state index contributed by atoms with van der Waals surface area (Å²) in [5, 5.41) is 3.06. The zero-order valence-electron chi connectivity index (χ0n) is 13.0. The number of amides is 1. The highest BCUT2D eigenvalue weighted by atomic mass is 19.1. The smallest absolute Gasteiger partial charge is 0.230 e. The van der Waals surface area contributed by atoms with Crippen molar-refractivity contribution < 1.29 is 9.18 Å². The van der Waals surface area contributed by atoms with Gasteiger partial charge in [-0.15, -0.1) is 0 Å². The highest BCUT2D eigenvalue weighted by Gasteiger charge is 2.45. The summed E-state index contributed by atoms with van der Waals surface area (Å²) in [4.78, 5) is 14.7. The van der Waals surface area contributed by atoms with Gasteiger partial charge in [0.2, 0.25) is 5.91 Å². The maximum absolute atomic E-state index is 13.0. The Bertz CT molecular complexity index is 466. The average Bonchev–Trinajstić information content (AvgIpc) is 2.39. The van der Waals surface area contributed by atoms with Crippen LogP contribution in [0, 0.1) is 5.82 Å². The first-order valence-corrected chi connectivity index (χ1v) is 7.74. The Labute approximate surface area is 126 Å². The maximum Gasteiger partial charge on any atom is 0.230 e. The Morgan fingerprint density at radius 1 is 1.24 bits per heavy atom. The number of carbonyl (C=O) groups is 1. The second kappa shape index (κ2) is 7.03. The van der Waals surface area contributed by atoms with Crippen molar-refractivity contribution in [3.63, 3.8) is 0 Å². The average molecular weight is 292 g/mol. The minimum Gasteiger partial charge on any atom is -0.355 e. The summed E-state index contributed by atoms with van der Waals surface area (Å²) in [6, 6.07) is 6.39. The monoisotopic (exact) mass is 292 g/mol. The summed E-state index contributed by atoms with van der Waals surface area (Å²) in [5.41, 5.74) is 0.524. The molecule has 0 aliphatic heterocycles. The largest absolute Gasteiger partial charge is 0.355 e. The summed E-state index contributed by atoms with van der Waals surface area (Å²) in [6.45, 7) is 1.76. The standard InChI is InChI=1S/C17H25FN2O/c1-20(2)13-4-3-12-19-16(21)17(10-5-11-17)14-6-8-15(18)9-7-14/h6-9H,3-5,10-13H2,1-2H3,(H,19,21). The molecule has 0 radical (unpaired) electrons. The van der Waals surface area contributed by atoms with Gasteiger partial charge in [-0.25, -0.2) is 4.39 Å². The van der Waals surface area contributed by atoms with Crippen molar-refractivity contribution in [3.05, 3.63) is 35.6 Å². The van der Waals surface area contributed by atoms with Gasteiger partial charge in [0.1, 0.15) is 5.82 Å². The van der Waals surface area contributed by atoms with E-state index in [1.54, 1.807) is 12.1 Å². The van der Waals surface area contributed by atoms with Crippen LogP contribution in [0.5, 0.6) is 0 Å². The molecule has 1 N–H and O–H groups in total. The lowest BCUT2D eigenvalue weighted by atomic mass is 9.64. The normalized spacial score (nSPS) is 16.6. The third-order valence-corrected chi connectivity index (χ3v) is 4.36. The van der Waals surface area contributed by atoms with Crippen LogP contribution in [-0.4, -0.2) is 38.0 Å². The van der Waals surface area contributed by atoms with E-state index in [0.29, 0.717) is 0 Å². The minimum absolute atomic E-state index is 0.102. The van der Waals surface area contributed by atoms with Crippen molar-refractivity contribution >= 4 is 5.91 Å². The molecule has 1 amide bonds. The number of nitrogens with zero attached hydrogens (tertiary/aromatic N) is 1. The Kier molecular flexibility index (Phi) is 5.34. The van der Waals surface area contributed by atoms with Crippen molar-refractivity contribution in [2.45, 2.75) is 37.5 Å². The van der Waals surface area contributed by atoms with Crippen LogP contribution < -0.4 is 5.32 Å². The third kappa shape index (κ3) is 3.82. The van der Waals surface area contributed by atoms with E-state index in [-0.39, 0.29) is 11.7 Å². The third-order valence-electron chi connectivity index (χ3n) is 4.36. The van der Waals surface area contributed by atoms with Crippen molar-refractivity contribution in [3.8, 4) is 0 Å². The van der Waals surface area contributed by atoms with Crippen molar-refractivity contribution in [1.29, 1.82) is 0 Å². The molecular formula is C17H25FN2O. The molecule has 1 aliphatic carbocycles. The molecule has 0 aromatic heterocycles. The van der Waals surface area contributed by atoms with Gasteiger partial charge in [0, 0.05) is 6.54 Å². The minimum atomic E-state index is -0.421. The van der Waals surface area contributed by atoms with Gasteiger partial charge in [0.25, 0.3) is 0 Å². The summed E-state index contributed by atoms with van der Waals surface area (Å²) in [6.07, 6.45) is 4.86. The fourth-order valence-corrected chi connectivity index (χ4v) is 2.87. The fraction of sp³-hybridized carbons (Fsp3) is 0.588. The molecule has 0 spiro atoms. The predicted molar refractivity (Wildman–Crippen MR) is 82.7 cm³/mol. The molecule has 2 rings (SSSR count). The van der Waals surface area contributed by atoms with Crippen LogP contribution in [0.2, 0.25) is 0 Å². The van der Waals surface area contributed by atoms with Gasteiger partial charge < -0.3 is 10.2 Å². The van der Waals surface area contributed by atoms with Gasteiger partial charge in [-0.3, -0.25) is 4.79 Å². The number of nitrogens with one attached hydrogen (secondary N) is 1. The number of unbranched alkanes of at least 4 members (excludes halogenated alkanes) is 1. The van der Waals surface area contributed by atoms with E-state index in [2.05, 4.69) is 24.3 Å². The second-order valence-corrected chi connectivity index (χ2v) is 6.21. The van der Waals surface area contributed by atoms with Gasteiger partial charge in [-0.2, -0.15) is 0 Å². The van der Waals surface area contributed by atoms with E-state index in [1.807, 2.05) is 0 Å². The zero-order valence-corrected chi connectivity index (χ0v) is 13.0. The first-order chi connectivity index (χ1) is 10.0. The lowest BCUT2D eigenvalue weighted by molar-refractivity contribution is -0.129. The van der Waals surface area contributed by atoms with E-state index in [9.17, 15) is 9.18 Å². The quantitative estimate of drug-likeness (QED) is 0.784. The van der Waals surface area contributed by atoms with Crippen LogP contribution in [0.4, 0.5) is 4.39 Å². The molecule has 1 saturated carbocycles. The van der Waals surface area contributed by atoms with Crippen LogP contribution in [0.3, 0.4) is 0 Å². The molecule has 1 aromatic rings. The van der Waals surface area contributed by atoms with Gasteiger partial charge >= 0.3 is 0 Å². The molecule has 0 saturated heterocycles. The molecule has 21 heavy (non-hydrogen) atoms. The SMILES string of the molecule is CN(C)CCCCNC(=O)C1(c2ccc(F)cc2)CCC1. The molecule has 0 unspecified atom stereocenters. The summed E-state index contributed by atoms with van der Waals surface area (Å²) in [5.74, 6) is -0.150. The number of benzene rings is 1. The lowest BCUT2D eigenvalue weighted by Gasteiger charge is -2.40. The van der Waals surface area contributed by atoms with E-state index < -0.39 is 5.41 Å². The summed E-state index contributed by atoms with van der Waals surface area (Å²) >= 11 is 0. The van der Waals surface area contributed by atoms with Crippen LogP contribution in [0.15, 0.2) is 24.3 Å². The number of carbonyl (C=O) groups excluding carboxylic acids is 1. The number of hydrogen-bond acceptors (Lipinski definition) is 2. The predicted octanol–water partition coefficient (Wildman–Crippen LogP) is 2.71. The molecule has 3 nitrogen and oxygen atoms in total. The molecule has 1 aliphatic rings. The Morgan fingerprint density at radius 2 is 1.90 bits per heavy atom. The second-order valence-electron chi connectivity index (χ2n) is 6.21. The van der Waals surface area contributed by atoms with E-state index >= 15 is 0 Å². The lowest BCUT2D eigenvalue weighted by Crippen LogP contribution is -2.49. The van der Waals surface area contributed by atoms with Gasteiger partial charge in [0.05, 0.1) is 5.41 Å². The molecule has 4 heteroatoms. The van der Waals surface area contributed by atoms with E-state index in [4.69, 9.17) is 0 Å². The molecule has 0 heterocycles.